The van der Waals surface area contributed by atoms with Gasteiger partial charge in [-0.2, -0.15) is 5.10 Å². The van der Waals surface area contributed by atoms with Crippen LogP contribution in [-0.4, -0.2) is 15.7 Å². The van der Waals surface area contributed by atoms with Crippen LogP contribution in [-0.2, 0) is 23.3 Å². The van der Waals surface area contributed by atoms with Gasteiger partial charge in [-0.05, 0) is 30.2 Å². The van der Waals surface area contributed by atoms with Gasteiger partial charge in [0.1, 0.15) is 0 Å². The van der Waals surface area contributed by atoms with Gasteiger partial charge in [0.25, 0.3) is 0 Å². The third-order valence-corrected chi connectivity index (χ3v) is 5.56. The van der Waals surface area contributed by atoms with E-state index in [1.54, 1.807) is 11.3 Å². The van der Waals surface area contributed by atoms with E-state index in [0.717, 1.165) is 18.5 Å². The van der Waals surface area contributed by atoms with Crippen molar-refractivity contribution in [2.24, 2.45) is 5.41 Å². The van der Waals surface area contributed by atoms with Crippen LogP contribution in [0.4, 0.5) is 0 Å². The molecule has 21 heavy (non-hydrogen) atoms. The first-order chi connectivity index (χ1) is 9.99. The highest BCUT2D eigenvalue weighted by atomic mass is 32.1. The van der Waals surface area contributed by atoms with Gasteiger partial charge in [0.2, 0.25) is 5.91 Å². The van der Waals surface area contributed by atoms with E-state index in [9.17, 15) is 4.79 Å². The summed E-state index contributed by atoms with van der Waals surface area (Å²) in [5, 5.41) is 9.38. The minimum atomic E-state index is -0.345. The van der Waals surface area contributed by atoms with Crippen molar-refractivity contribution in [1.82, 2.24) is 15.1 Å². The van der Waals surface area contributed by atoms with Crippen molar-refractivity contribution in [2.75, 3.05) is 0 Å². The van der Waals surface area contributed by atoms with Gasteiger partial charge in [0.05, 0.1) is 11.6 Å². The SMILES string of the molecule is CCn1cc(CNC(=O)[C@@]2(c3cccs3)CC2(C)C)cn1. The summed E-state index contributed by atoms with van der Waals surface area (Å²) in [6, 6.07) is 4.10. The van der Waals surface area contributed by atoms with Gasteiger partial charge in [-0.25, -0.2) is 0 Å². The van der Waals surface area contributed by atoms with Crippen molar-refractivity contribution in [2.45, 2.75) is 45.7 Å². The van der Waals surface area contributed by atoms with Crippen LogP contribution < -0.4 is 5.32 Å². The highest BCUT2D eigenvalue weighted by Gasteiger charge is 2.67. The summed E-state index contributed by atoms with van der Waals surface area (Å²) >= 11 is 1.68. The molecule has 1 atom stereocenters. The van der Waals surface area contributed by atoms with Crippen molar-refractivity contribution >= 4 is 17.2 Å². The van der Waals surface area contributed by atoms with Gasteiger partial charge >= 0.3 is 0 Å². The summed E-state index contributed by atoms with van der Waals surface area (Å²) in [5.74, 6) is 0.138. The van der Waals surface area contributed by atoms with Crippen LogP contribution in [0.1, 0.15) is 37.6 Å². The highest BCUT2D eigenvalue weighted by molar-refractivity contribution is 7.10. The standard InChI is InChI=1S/C16H21N3OS/c1-4-19-10-12(9-18-19)8-17-14(20)16(11-15(16,2)3)13-6-5-7-21-13/h5-7,9-10H,4,8,11H2,1-3H3,(H,17,20)/t16-/m0/s1. The van der Waals surface area contributed by atoms with Gasteiger partial charge in [-0.1, -0.05) is 19.9 Å². The van der Waals surface area contributed by atoms with E-state index in [4.69, 9.17) is 0 Å². The summed E-state index contributed by atoms with van der Waals surface area (Å²) < 4.78 is 1.87. The first-order valence-corrected chi connectivity index (χ1v) is 8.21. The zero-order valence-electron chi connectivity index (χ0n) is 12.7. The van der Waals surface area contributed by atoms with Gasteiger partial charge < -0.3 is 5.32 Å². The molecule has 1 saturated carbocycles. The predicted octanol–water partition coefficient (Wildman–Crippen LogP) is 2.95. The minimum Gasteiger partial charge on any atom is -0.351 e. The van der Waals surface area contributed by atoms with Crippen LogP contribution in [0, 0.1) is 5.41 Å². The summed E-state index contributed by atoms with van der Waals surface area (Å²) in [6.07, 6.45) is 4.72. The molecule has 2 heterocycles. The fourth-order valence-electron chi connectivity index (χ4n) is 3.06. The van der Waals surface area contributed by atoms with Crippen LogP contribution >= 0.6 is 11.3 Å². The maximum Gasteiger partial charge on any atom is 0.232 e. The van der Waals surface area contributed by atoms with Crippen LogP contribution in [0.25, 0.3) is 0 Å². The van der Waals surface area contributed by atoms with Crippen molar-refractivity contribution in [3.05, 3.63) is 40.3 Å². The second-order valence-corrected chi connectivity index (χ2v) is 7.28. The van der Waals surface area contributed by atoms with Crippen molar-refractivity contribution < 1.29 is 4.79 Å². The van der Waals surface area contributed by atoms with E-state index in [1.807, 2.05) is 35.4 Å². The normalized spacial score (nSPS) is 23.0. The zero-order valence-corrected chi connectivity index (χ0v) is 13.5. The average Bonchev–Trinajstić information content (AvgIpc) is 2.94. The number of rotatable bonds is 5. The molecule has 1 N–H and O–H groups in total. The first kappa shape index (κ1) is 14.3. The minimum absolute atomic E-state index is 0.0372. The van der Waals surface area contributed by atoms with E-state index >= 15 is 0 Å². The van der Waals surface area contributed by atoms with E-state index in [0.29, 0.717) is 6.54 Å². The van der Waals surface area contributed by atoms with Crippen molar-refractivity contribution in [1.29, 1.82) is 0 Å². The monoisotopic (exact) mass is 303 g/mol. The van der Waals surface area contributed by atoms with E-state index in [2.05, 4.69) is 30.3 Å². The van der Waals surface area contributed by atoms with Gasteiger partial charge in [0, 0.05) is 29.7 Å². The smallest absolute Gasteiger partial charge is 0.232 e. The molecule has 0 bridgehead atoms. The summed E-state index contributed by atoms with van der Waals surface area (Å²) in [6.45, 7) is 7.78. The Labute approximate surface area is 129 Å². The Morgan fingerprint density at radius 2 is 2.29 bits per heavy atom. The van der Waals surface area contributed by atoms with Crippen LogP contribution in [0.3, 0.4) is 0 Å². The Bertz CT molecular complexity index is 644. The number of aryl methyl sites for hydroxylation is 1. The molecule has 3 rings (SSSR count). The van der Waals surface area contributed by atoms with Gasteiger partial charge in [-0.15, -0.1) is 11.3 Å². The number of hydrogen-bond donors (Lipinski definition) is 1. The lowest BCUT2D eigenvalue weighted by Crippen LogP contribution is -2.36. The molecule has 0 aromatic carbocycles. The molecule has 1 aliphatic rings. The largest absolute Gasteiger partial charge is 0.351 e. The Morgan fingerprint density at radius 1 is 1.52 bits per heavy atom. The zero-order chi connectivity index (χ0) is 15.1. The molecule has 0 aliphatic heterocycles. The third kappa shape index (κ3) is 2.29. The molecular formula is C16H21N3OS. The molecule has 0 unspecified atom stereocenters. The van der Waals surface area contributed by atoms with Crippen LogP contribution in [0.15, 0.2) is 29.9 Å². The maximum absolute atomic E-state index is 12.8. The Hall–Kier alpha value is -1.62. The summed E-state index contributed by atoms with van der Waals surface area (Å²) in [5.41, 5.74) is 0.738. The maximum atomic E-state index is 12.8. The number of nitrogens with zero attached hydrogens (tertiary/aromatic N) is 2. The molecule has 1 aliphatic carbocycles. The first-order valence-electron chi connectivity index (χ1n) is 7.33. The molecule has 2 aromatic heterocycles. The molecule has 1 fully saturated rings. The Morgan fingerprint density at radius 3 is 2.81 bits per heavy atom. The average molecular weight is 303 g/mol. The number of hydrogen-bond acceptors (Lipinski definition) is 3. The second-order valence-electron chi connectivity index (χ2n) is 6.33. The molecule has 2 aromatic rings. The predicted molar refractivity (Wildman–Crippen MR) is 84.1 cm³/mol. The van der Waals surface area contributed by atoms with E-state index in [-0.39, 0.29) is 16.7 Å². The van der Waals surface area contributed by atoms with Crippen LogP contribution in [0.5, 0.6) is 0 Å². The second kappa shape index (κ2) is 4.98. The Kier molecular flexibility index (Phi) is 3.40. The molecule has 0 radical (unpaired) electrons. The van der Waals surface area contributed by atoms with Crippen molar-refractivity contribution in [3.8, 4) is 0 Å². The van der Waals surface area contributed by atoms with Crippen molar-refractivity contribution in [3.63, 3.8) is 0 Å². The number of aromatic nitrogens is 2. The molecule has 5 heteroatoms. The van der Waals surface area contributed by atoms with Gasteiger partial charge in [0.15, 0.2) is 0 Å². The lowest BCUT2D eigenvalue weighted by Gasteiger charge is -2.18. The highest BCUT2D eigenvalue weighted by Crippen LogP contribution is 2.65. The molecular weight excluding hydrogens is 282 g/mol. The third-order valence-electron chi connectivity index (χ3n) is 4.53. The summed E-state index contributed by atoms with van der Waals surface area (Å²) in [7, 11) is 0. The number of carbonyl (C=O) groups is 1. The molecule has 1 amide bonds. The fourth-order valence-corrected chi connectivity index (χ4v) is 4.17. The Balaban J connectivity index is 1.72. The fraction of sp³-hybridized carbons (Fsp3) is 0.500. The van der Waals surface area contributed by atoms with E-state index < -0.39 is 0 Å². The summed E-state index contributed by atoms with van der Waals surface area (Å²) in [4.78, 5) is 13.9. The van der Waals surface area contributed by atoms with Gasteiger partial charge in [-0.3, -0.25) is 9.48 Å². The quantitative estimate of drug-likeness (QED) is 0.923. The lowest BCUT2D eigenvalue weighted by atomic mass is 9.93. The number of thiophene rings is 1. The molecule has 0 saturated heterocycles. The number of nitrogens with one attached hydrogen (secondary N) is 1. The molecule has 112 valence electrons. The number of carbonyl (C=O) groups excluding carboxylic acids is 1. The lowest BCUT2D eigenvalue weighted by molar-refractivity contribution is -0.124. The van der Waals surface area contributed by atoms with Crippen LogP contribution in [0.2, 0.25) is 0 Å². The van der Waals surface area contributed by atoms with E-state index in [1.165, 1.54) is 4.88 Å². The molecule has 0 spiro atoms. The topological polar surface area (TPSA) is 46.9 Å². The number of amides is 1. The molecule has 4 nitrogen and oxygen atoms in total.